The van der Waals surface area contributed by atoms with Crippen LogP contribution in [0.15, 0.2) is 22.7 Å². The van der Waals surface area contributed by atoms with E-state index in [1.54, 1.807) is 12.1 Å². The number of carbonyl (C=O) groups is 2. The molecule has 3 N–H and O–H groups in total. The third-order valence-electron chi connectivity index (χ3n) is 4.57. The van der Waals surface area contributed by atoms with Crippen LogP contribution < -0.4 is 16.0 Å². The minimum absolute atomic E-state index is 0.0601. The van der Waals surface area contributed by atoms with Crippen molar-refractivity contribution in [2.45, 2.75) is 49.6 Å². The van der Waals surface area contributed by atoms with Crippen LogP contribution in [0.4, 0.5) is 9.18 Å². The highest BCUT2D eigenvalue weighted by molar-refractivity contribution is 9.10. The monoisotopic (exact) mass is 429 g/mol. The van der Waals surface area contributed by atoms with Crippen LogP contribution in [0.3, 0.4) is 0 Å². The van der Waals surface area contributed by atoms with Gasteiger partial charge in [0, 0.05) is 34.0 Å². The van der Waals surface area contributed by atoms with Crippen LogP contribution in [0.5, 0.6) is 0 Å². The molecule has 0 aliphatic carbocycles. The Bertz CT molecular complexity index is 661. The quantitative estimate of drug-likeness (QED) is 0.460. The normalized spacial score (nSPS) is 24.6. The summed E-state index contributed by atoms with van der Waals surface area (Å²) in [6.45, 7) is 0.206. The fourth-order valence-electron chi connectivity index (χ4n) is 3.22. The number of benzene rings is 1. The zero-order chi connectivity index (χ0) is 17.8. The molecule has 1 aromatic rings. The molecule has 3 atom stereocenters. The maximum atomic E-state index is 13.7. The highest BCUT2D eigenvalue weighted by atomic mass is 79.9. The van der Waals surface area contributed by atoms with E-state index in [9.17, 15) is 14.0 Å². The van der Waals surface area contributed by atoms with Gasteiger partial charge >= 0.3 is 6.03 Å². The molecular weight excluding hydrogens is 409 g/mol. The number of thioether (sulfide) groups is 1. The molecule has 3 rings (SSSR count). The summed E-state index contributed by atoms with van der Waals surface area (Å²) in [6, 6.07) is 5.20. The summed E-state index contributed by atoms with van der Waals surface area (Å²) in [5.74, 6) is 0.567. The predicted molar refractivity (Wildman–Crippen MR) is 99.9 cm³/mol. The number of halogens is 2. The second-order valence-corrected chi connectivity index (χ2v) is 8.57. The molecule has 2 aliphatic heterocycles. The van der Waals surface area contributed by atoms with Crippen LogP contribution >= 0.6 is 27.7 Å². The minimum Gasteiger partial charge on any atom is -0.352 e. The van der Waals surface area contributed by atoms with Crippen LogP contribution in [0.1, 0.15) is 31.2 Å². The summed E-state index contributed by atoms with van der Waals surface area (Å²) in [5, 5.41) is 9.08. The minimum atomic E-state index is -0.324. The number of carbonyl (C=O) groups excluding carboxylic acids is 2. The Kier molecular flexibility index (Phi) is 6.22. The van der Waals surface area contributed by atoms with Gasteiger partial charge in [-0.2, -0.15) is 11.8 Å². The Morgan fingerprint density at radius 2 is 2.20 bits per heavy atom. The molecule has 2 heterocycles. The van der Waals surface area contributed by atoms with E-state index in [1.807, 2.05) is 11.8 Å². The summed E-state index contributed by atoms with van der Waals surface area (Å²) >= 11 is 5.09. The largest absolute Gasteiger partial charge is 0.352 e. The van der Waals surface area contributed by atoms with Gasteiger partial charge in [-0.1, -0.05) is 28.4 Å². The summed E-state index contributed by atoms with van der Waals surface area (Å²) in [4.78, 5) is 23.2. The first-order valence-electron chi connectivity index (χ1n) is 8.42. The molecule has 3 amide bonds. The van der Waals surface area contributed by atoms with E-state index >= 15 is 0 Å². The lowest BCUT2D eigenvalue weighted by Crippen LogP contribution is -2.36. The average molecular weight is 430 g/mol. The van der Waals surface area contributed by atoms with Crippen molar-refractivity contribution in [3.8, 4) is 0 Å². The van der Waals surface area contributed by atoms with Crippen molar-refractivity contribution in [3.63, 3.8) is 0 Å². The van der Waals surface area contributed by atoms with Gasteiger partial charge in [0.2, 0.25) is 5.91 Å². The van der Waals surface area contributed by atoms with E-state index in [0.29, 0.717) is 21.7 Å². The van der Waals surface area contributed by atoms with Crippen molar-refractivity contribution in [2.24, 2.45) is 0 Å². The summed E-state index contributed by atoms with van der Waals surface area (Å²) in [5.41, 5.74) is 0.481. The standard InChI is InChI=1S/C17H21BrFN3O2S/c18-11-6-5-10(12(19)7-11)8-20-15(23)4-2-1-3-14-16-13(9-25-14)21-17(24)22-16/h5-7,13-14,16H,1-4,8-9H2,(H,20,23)(H2,21,22,24)/t13-,14-,16-/m0/s1. The SMILES string of the molecule is O=C(CCCC[C@@H]1SC[C@@H]2NC(=O)N[C@@H]21)NCc1ccc(Br)cc1F. The van der Waals surface area contributed by atoms with Crippen molar-refractivity contribution in [3.05, 3.63) is 34.1 Å². The lowest BCUT2D eigenvalue weighted by molar-refractivity contribution is -0.121. The Hall–Kier alpha value is -1.28. The fraction of sp³-hybridized carbons (Fsp3) is 0.529. The van der Waals surface area contributed by atoms with E-state index in [0.717, 1.165) is 25.0 Å². The zero-order valence-corrected chi connectivity index (χ0v) is 16.1. The highest BCUT2D eigenvalue weighted by Crippen LogP contribution is 2.33. The van der Waals surface area contributed by atoms with Gasteiger partial charge in [0.15, 0.2) is 0 Å². The van der Waals surface area contributed by atoms with Crippen LogP contribution in [0, 0.1) is 5.82 Å². The molecule has 0 unspecified atom stereocenters. The molecule has 1 aromatic carbocycles. The Morgan fingerprint density at radius 1 is 1.36 bits per heavy atom. The average Bonchev–Trinajstić information content (AvgIpc) is 3.10. The van der Waals surface area contributed by atoms with Crippen LogP contribution in [-0.4, -0.2) is 35.0 Å². The van der Waals surface area contributed by atoms with Crippen LogP contribution in [-0.2, 0) is 11.3 Å². The fourth-order valence-corrected chi connectivity index (χ4v) is 5.10. The number of nitrogens with one attached hydrogen (secondary N) is 3. The van der Waals surface area contributed by atoms with Gasteiger partial charge in [0.05, 0.1) is 12.1 Å². The molecule has 8 heteroatoms. The first-order valence-corrected chi connectivity index (χ1v) is 10.3. The van der Waals surface area contributed by atoms with E-state index in [-0.39, 0.29) is 36.4 Å². The molecule has 2 saturated heterocycles. The molecule has 0 saturated carbocycles. The topological polar surface area (TPSA) is 70.2 Å². The first-order chi connectivity index (χ1) is 12.0. The second kappa shape index (κ2) is 8.40. The van der Waals surface area contributed by atoms with E-state index in [2.05, 4.69) is 31.9 Å². The molecule has 5 nitrogen and oxygen atoms in total. The van der Waals surface area contributed by atoms with Crippen molar-refractivity contribution < 1.29 is 14.0 Å². The molecule has 0 aromatic heterocycles. The molecular formula is C17H21BrFN3O2S. The van der Waals surface area contributed by atoms with Crippen molar-refractivity contribution in [1.29, 1.82) is 0 Å². The number of hydrogen-bond acceptors (Lipinski definition) is 3. The van der Waals surface area contributed by atoms with Crippen molar-refractivity contribution in [2.75, 3.05) is 5.75 Å². The maximum absolute atomic E-state index is 13.7. The van der Waals surface area contributed by atoms with Crippen LogP contribution in [0.25, 0.3) is 0 Å². The lowest BCUT2D eigenvalue weighted by atomic mass is 10.0. The van der Waals surface area contributed by atoms with E-state index in [1.165, 1.54) is 6.07 Å². The van der Waals surface area contributed by atoms with Crippen molar-refractivity contribution >= 4 is 39.6 Å². The molecule has 2 aliphatic rings. The second-order valence-electron chi connectivity index (χ2n) is 6.38. The Labute approximate surface area is 159 Å². The van der Waals surface area contributed by atoms with Gasteiger partial charge in [-0.25, -0.2) is 9.18 Å². The van der Waals surface area contributed by atoms with E-state index in [4.69, 9.17) is 0 Å². The molecule has 136 valence electrons. The lowest BCUT2D eigenvalue weighted by Gasteiger charge is -2.16. The number of fused-ring (bicyclic) bond motifs is 1. The molecule has 0 bridgehead atoms. The molecule has 2 fully saturated rings. The number of hydrogen-bond donors (Lipinski definition) is 3. The van der Waals surface area contributed by atoms with Gasteiger partial charge < -0.3 is 16.0 Å². The van der Waals surface area contributed by atoms with Crippen LogP contribution in [0.2, 0.25) is 0 Å². The number of amides is 3. The highest BCUT2D eigenvalue weighted by Gasteiger charge is 2.42. The molecule has 25 heavy (non-hydrogen) atoms. The third-order valence-corrected chi connectivity index (χ3v) is 6.57. The van der Waals surface area contributed by atoms with E-state index < -0.39 is 0 Å². The zero-order valence-electron chi connectivity index (χ0n) is 13.7. The first kappa shape index (κ1) is 18.5. The predicted octanol–water partition coefficient (Wildman–Crippen LogP) is 2.93. The van der Waals surface area contributed by atoms with Gasteiger partial charge in [-0.15, -0.1) is 0 Å². The van der Waals surface area contributed by atoms with Crippen molar-refractivity contribution in [1.82, 2.24) is 16.0 Å². The van der Waals surface area contributed by atoms with Gasteiger partial charge in [-0.3, -0.25) is 4.79 Å². The third kappa shape index (κ3) is 4.88. The molecule has 0 spiro atoms. The summed E-state index contributed by atoms with van der Waals surface area (Å²) in [6.07, 6.45) is 3.16. The maximum Gasteiger partial charge on any atom is 0.315 e. The smallest absolute Gasteiger partial charge is 0.315 e. The van der Waals surface area contributed by atoms with Gasteiger partial charge in [0.25, 0.3) is 0 Å². The summed E-state index contributed by atoms with van der Waals surface area (Å²) in [7, 11) is 0. The Morgan fingerprint density at radius 3 is 3.00 bits per heavy atom. The number of urea groups is 1. The van der Waals surface area contributed by atoms with Gasteiger partial charge in [0.1, 0.15) is 5.82 Å². The summed E-state index contributed by atoms with van der Waals surface area (Å²) < 4.78 is 14.4. The number of unbranched alkanes of at least 4 members (excludes halogenated alkanes) is 1. The molecule has 0 radical (unpaired) electrons. The van der Waals surface area contributed by atoms with Gasteiger partial charge in [-0.05, 0) is 25.0 Å². The Balaban J connectivity index is 1.32. The number of rotatable bonds is 7.